The Kier molecular flexibility index (Phi) is 7.55. The average Bonchev–Trinajstić information content (AvgIpc) is 2.41. The second-order valence-corrected chi connectivity index (χ2v) is 5.87. The van der Waals surface area contributed by atoms with Gasteiger partial charge in [-0.3, -0.25) is 4.98 Å². The van der Waals surface area contributed by atoms with E-state index in [1.165, 1.54) is 11.3 Å². The smallest absolute Gasteiger partial charge is 0.0637 e. The molecule has 0 aliphatic carbocycles. The van der Waals surface area contributed by atoms with Crippen molar-refractivity contribution in [3.05, 3.63) is 24.0 Å². The average molecular weight is 279 g/mol. The predicted octanol–water partition coefficient (Wildman–Crippen LogP) is 2.69. The molecule has 0 aliphatic rings. The Bertz CT molecular complexity index is 380. The molecule has 0 aromatic carbocycles. The van der Waals surface area contributed by atoms with E-state index in [0.717, 1.165) is 26.2 Å². The molecule has 0 aliphatic heterocycles. The lowest BCUT2D eigenvalue weighted by atomic mass is 10.1. The summed E-state index contributed by atoms with van der Waals surface area (Å²) in [6.45, 7) is 12.3. The van der Waals surface area contributed by atoms with Crippen LogP contribution >= 0.6 is 0 Å². The fraction of sp³-hybridized carbons (Fsp3) is 0.688. The molecule has 0 atom stereocenters. The van der Waals surface area contributed by atoms with E-state index in [1.807, 2.05) is 12.4 Å². The van der Waals surface area contributed by atoms with E-state index in [4.69, 9.17) is 4.74 Å². The number of anilines is 1. The second-order valence-electron chi connectivity index (χ2n) is 5.87. The van der Waals surface area contributed by atoms with Gasteiger partial charge in [0.15, 0.2) is 0 Å². The Balaban J connectivity index is 2.86. The van der Waals surface area contributed by atoms with Crippen LogP contribution in [0.2, 0.25) is 0 Å². The molecule has 1 N–H and O–H groups in total. The summed E-state index contributed by atoms with van der Waals surface area (Å²) >= 11 is 0. The summed E-state index contributed by atoms with van der Waals surface area (Å²) in [4.78, 5) is 6.67. The lowest BCUT2D eigenvalue weighted by Crippen LogP contribution is -2.33. The third-order valence-electron chi connectivity index (χ3n) is 3.08. The number of rotatable bonds is 9. The van der Waals surface area contributed by atoms with E-state index < -0.39 is 0 Å². The molecule has 4 heteroatoms. The highest BCUT2D eigenvalue weighted by atomic mass is 16.5. The van der Waals surface area contributed by atoms with E-state index in [1.54, 1.807) is 7.11 Å². The van der Waals surface area contributed by atoms with E-state index in [2.05, 4.69) is 49.0 Å². The first-order valence-corrected chi connectivity index (χ1v) is 7.44. The van der Waals surface area contributed by atoms with Crippen molar-refractivity contribution in [2.75, 3.05) is 31.7 Å². The van der Waals surface area contributed by atoms with Gasteiger partial charge in [-0.1, -0.05) is 27.7 Å². The molecule has 20 heavy (non-hydrogen) atoms. The van der Waals surface area contributed by atoms with Crippen molar-refractivity contribution in [2.24, 2.45) is 5.92 Å². The van der Waals surface area contributed by atoms with Crippen LogP contribution in [0, 0.1) is 5.92 Å². The van der Waals surface area contributed by atoms with Crippen molar-refractivity contribution in [3.63, 3.8) is 0 Å². The molecule has 0 unspecified atom stereocenters. The number of pyridine rings is 1. The van der Waals surface area contributed by atoms with Crippen molar-refractivity contribution < 1.29 is 4.74 Å². The summed E-state index contributed by atoms with van der Waals surface area (Å²) < 4.78 is 5.24. The third kappa shape index (κ3) is 5.88. The number of methoxy groups -OCH3 is 1. The summed E-state index contributed by atoms with van der Waals surface area (Å²) in [5, 5.41) is 3.48. The van der Waals surface area contributed by atoms with Crippen molar-refractivity contribution in [1.82, 2.24) is 10.3 Å². The molecule has 4 nitrogen and oxygen atoms in total. The molecule has 0 radical (unpaired) electrons. The maximum Gasteiger partial charge on any atom is 0.0637 e. The SMILES string of the molecule is COCCN(CC(C)C)c1cnccc1CNC(C)C. The molecule has 1 aromatic heterocycles. The third-order valence-corrected chi connectivity index (χ3v) is 3.08. The Morgan fingerprint density at radius 3 is 2.65 bits per heavy atom. The number of nitrogens with zero attached hydrogens (tertiary/aromatic N) is 2. The highest BCUT2D eigenvalue weighted by Gasteiger charge is 2.13. The molecule has 0 saturated heterocycles. The number of hydrogen-bond donors (Lipinski definition) is 1. The maximum absolute atomic E-state index is 5.24. The monoisotopic (exact) mass is 279 g/mol. The topological polar surface area (TPSA) is 37.4 Å². The molecule has 0 spiro atoms. The molecule has 0 saturated carbocycles. The van der Waals surface area contributed by atoms with Gasteiger partial charge >= 0.3 is 0 Å². The van der Waals surface area contributed by atoms with Crippen LogP contribution in [0.3, 0.4) is 0 Å². The van der Waals surface area contributed by atoms with Gasteiger partial charge in [-0.2, -0.15) is 0 Å². The highest BCUT2D eigenvalue weighted by Crippen LogP contribution is 2.20. The lowest BCUT2D eigenvalue weighted by molar-refractivity contribution is 0.204. The van der Waals surface area contributed by atoms with Gasteiger partial charge in [0, 0.05) is 39.0 Å². The normalized spacial score (nSPS) is 11.3. The summed E-state index contributed by atoms with van der Waals surface area (Å²) in [6.07, 6.45) is 3.83. The zero-order valence-electron chi connectivity index (χ0n) is 13.5. The number of ether oxygens (including phenoxy) is 1. The molecule has 1 rings (SSSR count). The van der Waals surface area contributed by atoms with Gasteiger partial charge in [0.1, 0.15) is 0 Å². The summed E-state index contributed by atoms with van der Waals surface area (Å²) in [7, 11) is 1.75. The molecule has 1 aromatic rings. The van der Waals surface area contributed by atoms with E-state index in [-0.39, 0.29) is 0 Å². The second kappa shape index (κ2) is 8.93. The van der Waals surface area contributed by atoms with Gasteiger partial charge in [0.05, 0.1) is 18.5 Å². The minimum atomic E-state index is 0.480. The minimum Gasteiger partial charge on any atom is -0.383 e. The molecule has 1 heterocycles. The standard InChI is InChI=1S/C16H29N3O/c1-13(2)12-19(8-9-20-5)16-11-17-7-6-15(16)10-18-14(3)4/h6-7,11,13-14,18H,8-10,12H2,1-5H3. The van der Waals surface area contributed by atoms with Crippen LogP contribution in [-0.4, -0.2) is 37.8 Å². The zero-order valence-corrected chi connectivity index (χ0v) is 13.5. The van der Waals surface area contributed by atoms with Gasteiger partial charge in [-0.15, -0.1) is 0 Å². The van der Waals surface area contributed by atoms with Crippen LogP contribution in [0.1, 0.15) is 33.3 Å². The Morgan fingerprint density at radius 1 is 1.30 bits per heavy atom. The molecule has 0 amide bonds. The number of aromatic nitrogens is 1. The zero-order chi connectivity index (χ0) is 15.0. The van der Waals surface area contributed by atoms with Gasteiger partial charge in [-0.05, 0) is 17.5 Å². The van der Waals surface area contributed by atoms with E-state index in [9.17, 15) is 0 Å². The Hall–Kier alpha value is -1.13. The first-order valence-electron chi connectivity index (χ1n) is 7.44. The summed E-state index contributed by atoms with van der Waals surface area (Å²) in [5.41, 5.74) is 2.51. The Labute approximate surface area is 123 Å². The Morgan fingerprint density at radius 2 is 2.05 bits per heavy atom. The van der Waals surface area contributed by atoms with Gasteiger partial charge in [0.2, 0.25) is 0 Å². The maximum atomic E-state index is 5.24. The number of nitrogens with one attached hydrogen (secondary N) is 1. The molecule has 114 valence electrons. The fourth-order valence-electron chi connectivity index (χ4n) is 2.12. The van der Waals surface area contributed by atoms with Crippen LogP contribution in [0.15, 0.2) is 18.5 Å². The van der Waals surface area contributed by atoms with Gasteiger partial charge < -0.3 is 15.0 Å². The van der Waals surface area contributed by atoms with Crippen LogP contribution in [0.5, 0.6) is 0 Å². The van der Waals surface area contributed by atoms with Crippen molar-refractivity contribution in [1.29, 1.82) is 0 Å². The first-order chi connectivity index (χ1) is 9.54. The van der Waals surface area contributed by atoms with Crippen molar-refractivity contribution in [3.8, 4) is 0 Å². The van der Waals surface area contributed by atoms with Crippen molar-refractivity contribution in [2.45, 2.75) is 40.3 Å². The predicted molar refractivity (Wildman–Crippen MR) is 85.1 cm³/mol. The van der Waals surface area contributed by atoms with Gasteiger partial charge in [0.25, 0.3) is 0 Å². The quantitative estimate of drug-likeness (QED) is 0.754. The van der Waals surface area contributed by atoms with E-state index >= 15 is 0 Å². The van der Waals surface area contributed by atoms with E-state index in [0.29, 0.717) is 12.0 Å². The minimum absolute atomic E-state index is 0.480. The highest BCUT2D eigenvalue weighted by molar-refractivity contribution is 5.51. The summed E-state index contributed by atoms with van der Waals surface area (Å²) in [5.74, 6) is 0.609. The van der Waals surface area contributed by atoms with Crippen molar-refractivity contribution >= 4 is 5.69 Å². The fourth-order valence-corrected chi connectivity index (χ4v) is 2.12. The molecular weight excluding hydrogens is 250 g/mol. The summed E-state index contributed by atoms with van der Waals surface area (Å²) in [6, 6.07) is 2.58. The molecule has 0 fully saturated rings. The molecular formula is C16H29N3O. The largest absolute Gasteiger partial charge is 0.383 e. The van der Waals surface area contributed by atoms with Crippen LogP contribution in [0.25, 0.3) is 0 Å². The van der Waals surface area contributed by atoms with Gasteiger partial charge in [-0.25, -0.2) is 0 Å². The van der Waals surface area contributed by atoms with Crippen LogP contribution in [0.4, 0.5) is 5.69 Å². The lowest BCUT2D eigenvalue weighted by Gasteiger charge is -2.28. The molecule has 0 bridgehead atoms. The number of hydrogen-bond acceptors (Lipinski definition) is 4. The van der Waals surface area contributed by atoms with Crippen LogP contribution in [-0.2, 0) is 11.3 Å². The first kappa shape index (κ1) is 16.9. The van der Waals surface area contributed by atoms with Crippen LogP contribution < -0.4 is 10.2 Å².